The first kappa shape index (κ1) is 20.4. The van der Waals surface area contributed by atoms with Crippen LogP contribution in [0.15, 0.2) is 83.7 Å². The Balaban J connectivity index is 1.72. The minimum absolute atomic E-state index is 0.164. The number of hydrogen-bond donors (Lipinski definition) is 0. The molecule has 1 aromatic heterocycles. The van der Waals surface area contributed by atoms with Crippen LogP contribution in [0.4, 0.5) is 0 Å². The molecule has 0 aliphatic carbocycles. The zero-order valence-electron chi connectivity index (χ0n) is 17.5. The van der Waals surface area contributed by atoms with Gasteiger partial charge in [0.1, 0.15) is 5.82 Å². The summed E-state index contributed by atoms with van der Waals surface area (Å²) in [7, 11) is 0. The van der Waals surface area contributed by atoms with Gasteiger partial charge in [0.05, 0.1) is 23.9 Å². The number of aryl methyl sites for hydroxylation is 1. The predicted molar refractivity (Wildman–Crippen MR) is 122 cm³/mol. The van der Waals surface area contributed by atoms with E-state index in [-0.39, 0.29) is 5.69 Å². The van der Waals surface area contributed by atoms with Gasteiger partial charge in [0, 0.05) is 6.42 Å². The summed E-state index contributed by atoms with van der Waals surface area (Å²) >= 11 is 0. The minimum atomic E-state index is -0.164. The summed E-state index contributed by atoms with van der Waals surface area (Å²) in [5.74, 6) is 0.765. The van der Waals surface area contributed by atoms with E-state index in [0.29, 0.717) is 12.1 Å². The average Bonchev–Trinajstić information content (AvgIpc) is 3.13. The molecule has 154 valence electrons. The third-order valence-electron chi connectivity index (χ3n) is 5.32. The number of aromatic nitrogens is 3. The first-order valence-corrected chi connectivity index (χ1v) is 10.5. The molecule has 5 nitrogen and oxygen atoms in total. The molecule has 4 rings (SSSR count). The quantitative estimate of drug-likeness (QED) is 0.434. The first-order valence-electron chi connectivity index (χ1n) is 10.5. The molecule has 0 N–H and O–H groups in total. The lowest BCUT2D eigenvalue weighted by molar-refractivity contribution is 0.666. The van der Waals surface area contributed by atoms with Crippen LogP contribution in [0.5, 0.6) is 0 Å². The van der Waals surface area contributed by atoms with Gasteiger partial charge in [0.25, 0.3) is 0 Å². The first-order chi connectivity index (χ1) is 15.2. The molecule has 5 heteroatoms. The van der Waals surface area contributed by atoms with Gasteiger partial charge in [-0.15, -0.1) is 5.10 Å². The van der Waals surface area contributed by atoms with Crippen molar-refractivity contribution in [2.75, 3.05) is 0 Å². The van der Waals surface area contributed by atoms with Gasteiger partial charge in [-0.2, -0.15) is 9.94 Å². The lowest BCUT2D eigenvalue weighted by atomic mass is 9.98. The van der Waals surface area contributed by atoms with Gasteiger partial charge in [0.15, 0.2) is 0 Å². The standard InChI is InChI=1S/C26H24N4O/c1-2-3-14-25-28-30(23-12-8-5-9-13-23)26(31)29(25)19-20-15-16-24(22(17-20)18-27)21-10-6-4-7-11-21/h4-13,15-17H,2-3,14,19H2,1H3. The van der Waals surface area contributed by atoms with Crippen molar-refractivity contribution < 1.29 is 0 Å². The average molecular weight is 409 g/mol. The maximum absolute atomic E-state index is 13.2. The van der Waals surface area contributed by atoms with Gasteiger partial charge in [-0.05, 0) is 41.3 Å². The fourth-order valence-corrected chi connectivity index (χ4v) is 3.69. The van der Waals surface area contributed by atoms with Crippen molar-refractivity contribution in [3.8, 4) is 22.9 Å². The molecule has 0 aliphatic heterocycles. The van der Waals surface area contributed by atoms with Crippen molar-refractivity contribution in [3.63, 3.8) is 0 Å². The summed E-state index contributed by atoms with van der Waals surface area (Å²) in [5.41, 5.74) is 3.99. The summed E-state index contributed by atoms with van der Waals surface area (Å²) in [6.45, 7) is 2.51. The van der Waals surface area contributed by atoms with Crippen LogP contribution in [-0.2, 0) is 13.0 Å². The predicted octanol–water partition coefficient (Wildman–Crippen LogP) is 4.96. The summed E-state index contributed by atoms with van der Waals surface area (Å²) < 4.78 is 3.19. The Morgan fingerprint density at radius 1 is 0.968 bits per heavy atom. The van der Waals surface area contributed by atoms with Crippen molar-refractivity contribution in [3.05, 3.63) is 106 Å². The van der Waals surface area contributed by atoms with Gasteiger partial charge in [-0.25, -0.2) is 4.79 Å². The van der Waals surface area contributed by atoms with Gasteiger partial charge < -0.3 is 0 Å². The highest BCUT2D eigenvalue weighted by atomic mass is 16.2. The number of para-hydroxylation sites is 1. The van der Waals surface area contributed by atoms with Crippen molar-refractivity contribution in [2.45, 2.75) is 32.7 Å². The van der Waals surface area contributed by atoms with Crippen molar-refractivity contribution in [2.24, 2.45) is 0 Å². The van der Waals surface area contributed by atoms with Crippen LogP contribution in [0, 0.1) is 11.3 Å². The van der Waals surface area contributed by atoms with Crippen molar-refractivity contribution in [1.82, 2.24) is 14.3 Å². The second kappa shape index (κ2) is 9.27. The SMILES string of the molecule is CCCCc1nn(-c2ccccc2)c(=O)n1Cc1ccc(-c2ccccc2)c(C#N)c1. The Morgan fingerprint density at radius 2 is 1.68 bits per heavy atom. The number of hydrogen-bond acceptors (Lipinski definition) is 3. The Hall–Kier alpha value is -3.91. The van der Waals surface area contributed by atoms with E-state index in [2.05, 4.69) is 18.1 Å². The molecule has 0 atom stereocenters. The van der Waals surface area contributed by atoms with E-state index in [1.807, 2.05) is 78.9 Å². The fourth-order valence-electron chi connectivity index (χ4n) is 3.69. The Bertz CT molecular complexity index is 1260. The number of benzene rings is 3. The van der Waals surface area contributed by atoms with E-state index in [4.69, 9.17) is 0 Å². The molecule has 0 saturated heterocycles. The molecule has 0 fully saturated rings. The molecule has 0 radical (unpaired) electrons. The maximum atomic E-state index is 13.2. The monoisotopic (exact) mass is 408 g/mol. The van der Waals surface area contributed by atoms with E-state index in [0.717, 1.165) is 47.5 Å². The van der Waals surface area contributed by atoms with Crippen LogP contribution in [0.3, 0.4) is 0 Å². The second-order valence-electron chi connectivity index (χ2n) is 7.49. The topological polar surface area (TPSA) is 63.6 Å². The highest BCUT2D eigenvalue weighted by molar-refractivity contribution is 5.70. The molecule has 0 spiro atoms. The molecular weight excluding hydrogens is 384 g/mol. The van der Waals surface area contributed by atoms with Gasteiger partial charge in [-0.3, -0.25) is 4.57 Å². The molecule has 0 aliphatic rings. The zero-order valence-corrected chi connectivity index (χ0v) is 17.5. The molecule has 0 saturated carbocycles. The number of nitriles is 1. The molecule has 31 heavy (non-hydrogen) atoms. The normalized spacial score (nSPS) is 10.7. The van der Waals surface area contributed by atoms with Crippen LogP contribution in [0.1, 0.15) is 36.7 Å². The molecule has 0 unspecified atom stereocenters. The van der Waals surface area contributed by atoms with E-state index < -0.39 is 0 Å². The van der Waals surface area contributed by atoms with E-state index in [1.54, 1.807) is 4.57 Å². The summed E-state index contributed by atoms with van der Waals surface area (Å²) in [5, 5.41) is 14.3. The van der Waals surface area contributed by atoms with E-state index in [9.17, 15) is 10.1 Å². The highest BCUT2D eigenvalue weighted by Crippen LogP contribution is 2.24. The third kappa shape index (κ3) is 4.34. The lowest BCUT2D eigenvalue weighted by Gasteiger charge is -2.09. The molecular formula is C26H24N4O. The van der Waals surface area contributed by atoms with Crippen LogP contribution >= 0.6 is 0 Å². The number of unbranched alkanes of at least 4 members (excludes halogenated alkanes) is 1. The zero-order chi connectivity index (χ0) is 21.6. The highest BCUT2D eigenvalue weighted by Gasteiger charge is 2.15. The van der Waals surface area contributed by atoms with Crippen molar-refractivity contribution in [1.29, 1.82) is 5.26 Å². The Kier molecular flexibility index (Phi) is 6.09. The third-order valence-corrected chi connectivity index (χ3v) is 5.32. The van der Waals surface area contributed by atoms with Gasteiger partial charge >= 0.3 is 5.69 Å². The van der Waals surface area contributed by atoms with Crippen molar-refractivity contribution >= 4 is 0 Å². The van der Waals surface area contributed by atoms with Crippen LogP contribution in [0.25, 0.3) is 16.8 Å². The molecule has 1 heterocycles. The minimum Gasteiger partial charge on any atom is -0.274 e. The molecule has 4 aromatic rings. The van der Waals surface area contributed by atoms with Gasteiger partial charge in [-0.1, -0.05) is 74.0 Å². The lowest BCUT2D eigenvalue weighted by Crippen LogP contribution is -2.25. The summed E-state index contributed by atoms with van der Waals surface area (Å²) in [4.78, 5) is 13.2. The molecule has 3 aromatic carbocycles. The summed E-state index contributed by atoms with van der Waals surface area (Å²) in [6.07, 6.45) is 2.72. The van der Waals surface area contributed by atoms with Gasteiger partial charge in [0.2, 0.25) is 0 Å². The smallest absolute Gasteiger partial charge is 0.274 e. The Labute approximate surface area is 181 Å². The number of rotatable bonds is 7. The molecule has 0 amide bonds. The summed E-state index contributed by atoms with van der Waals surface area (Å²) in [6, 6.07) is 27.5. The fraction of sp³-hybridized carbons (Fsp3) is 0.192. The molecule has 0 bridgehead atoms. The Morgan fingerprint density at radius 3 is 2.35 bits per heavy atom. The van der Waals surface area contributed by atoms with Crippen LogP contribution in [-0.4, -0.2) is 14.3 Å². The second-order valence-corrected chi connectivity index (χ2v) is 7.49. The van der Waals surface area contributed by atoms with E-state index >= 15 is 0 Å². The van der Waals surface area contributed by atoms with Crippen LogP contribution in [0.2, 0.25) is 0 Å². The maximum Gasteiger partial charge on any atom is 0.351 e. The number of nitrogens with zero attached hydrogens (tertiary/aromatic N) is 4. The van der Waals surface area contributed by atoms with E-state index in [1.165, 1.54) is 4.68 Å². The largest absolute Gasteiger partial charge is 0.351 e. The van der Waals surface area contributed by atoms with Crippen LogP contribution < -0.4 is 5.69 Å².